The van der Waals surface area contributed by atoms with Crippen LogP contribution in [0.3, 0.4) is 0 Å². The van der Waals surface area contributed by atoms with Crippen molar-refractivity contribution >= 4 is 29.1 Å². The average Bonchev–Trinajstić information content (AvgIpc) is 3.37. The van der Waals surface area contributed by atoms with Gasteiger partial charge in [0.05, 0.1) is 10.8 Å². The summed E-state index contributed by atoms with van der Waals surface area (Å²) in [5, 5.41) is 24.5. The fourth-order valence-electron chi connectivity index (χ4n) is 4.02. The Morgan fingerprint density at radius 3 is 2.00 bits per heavy atom. The van der Waals surface area contributed by atoms with E-state index in [0.29, 0.717) is 38.8 Å². The van der Waals surface area contributed by atoms with Crippen LogP contribution < -0.4 is 16.4 Å². The van der Waals surface area contributed by atoms with E-state index < -0.39 is 34.5 Å². The predicted octanol–water partition coefficient (Wildman–Crippen LogP) is 1.03. The normalized spacial score (nSPS) is 15.2. The quantitative estimate of drug-likeness (QED) is 0.153. The Balaban J connectivity index is 0.000000380. The molecule has 0 radical (unpaired) electrons. The third-order valence-electron chi connectivity index (χ3n) is 6.06. The van der Waals surface area contributed by atoms with Crippen molar-refractivity contribution in [3.05, 3.63) is 66.2 Å². The molecule has 7 N–H and O–H groups in total. The molecular formula is C24H34BN3O7S. The minimum Gasteiger partial charge on any atom is -0.426 e. The Labute approximate surface area is 212 Å². The molecule has 2 aromatic rings. The van der Waals surface area contributed by atoms with Gasteiger partial charge in [0.25, 0.3) is 10.1 Å². The highest BCUT2D eigenvalue weighted by molar-refractivity contribution is 7.85. The van der Waals surface area contributed by atoms with Gasteiger partial charge < -0.3 is 26.4 Å². The third kappa shape index (κ3) is 8.72. The second kappa shape index (κ2) is 14.1. The number of nitrogens with one attached hydrogen (secondary N) is 2. The molecule has 2 aromatic carbocycles. The Bertz CT molecular complexity index is 1060. The lowest BCUT2D eigenvalue weighted by molar-refractivity contribution is -0.143. The van der Waals surface area contributed by atoms with Crippen LogP contribution in [0.5, 0.6) is 0 Å². The number of hydrogen-bond acceptors (Lipinski definition) is 7. The van der Waals surface area contributed by atoms with Gasteiger partial charge in [-0.1, -0.05) is 61.4 Å². The number of amides is 2. The van der Waals surface area contributed by atoms with Gasteiger partial charge in [-0.25, -0.2) is 0 Å². The molecule has 1 atom stereocenters. The van der Waals surface area contributed by atoms with Gasteiger partial charge in [0.15, 0.2) is 0 Å². The molecule has 1 aliphatic rings. The van der Waals surface area contributed by atoms with E-state index in [-0.39, 0.29) is 10.8 Å². The Morgan fingerprint density at radius 1 is 0.972 bits per heavy atom. The first-order chi connectivity index (χ1) is 17.1. The summed E-state index contributed by atoms with van der Waals surface area (Å²) in [6.07, 6.45) is 3.41. The van der Waals surface area contributed by atoms with Crippen LogP contribution in [-0.2, 0) is 26.3 Å². The zero-order valence-electron chi connectivity index (χ0n) is 20.0. The number of carbonyl (C=O) groups is 2. The molecule has 36 heavy (non-hydrogen) atoms. The van der Waals surface area contributed by atoms with Crippen molar-refractivity contribution in [3.63, 3.8) is 0 Å². The van der Waals surface area contributed by atoms with E-state index in [2.05, 4.69) is 10.6 Å². The maximum atomic E-state index is 12.9. The molecule has 1 saturated carbocycles. The van der Waals surface area contributed by atoms with Gasteiger partial charge in [-0.15, -0.1) is 0 Å². The average molecular weight is 519 g/mol. The standard InChI is InChI=1S/C18H28BN3O4.C6H6O3S/c20-12-6-9-15(19(25)26)22-17(24)18(10-4-5-11-18)16(23)21-13-14-7-2-1-3-8-14;7-10(8,9)6-4-2-1-3-5-6/h1-3,7-8,15,25-26H,4-6,9-13,20H2,(H,21,23)(H,22,24);1-5H,(H,7,8,9)/t15-;/m0./s1. The van der Waals surface area contributed by atoms with Gasteiger partial charge in [-0.05, 0) is 49.9 Å². The smallest absolute Gasteiger partial charge is 0.426 e. The van der Waals surface area contributed by atoms with Crippen molar-refractivity contribution in [3.8, 4) is 0 Å². The zero-order chi connectivity index (χ0) is 26.6. The van der Waals surface area contributed by atoms with Crippen molar-refractivity contribution in [2.24, 2.45) is 11.1 Å². The van der Waals surface area contributed by atoms with E-state index in [1.807, 2.05) is 30.3 Å². The number of hydrogen-bond donors (Lipinski definition) is 6. The molecule has 3 rings (SSSR count). The molecule has 196 valence electrons. The van der Waals surface area contributed by atoms with E-state index in [1.54, 1.807) is 18.2 Å². The van der Waals surface area contributed by atoms with E-state index in [9.17, 15) is 28.1 Å². The molecule has 12 heteroatoms. The third-order valence-corrected chi connectivity index (χ3v) is 6.93. The first kappa shape index (κ1) is 29.5. The lowest BCUT2D eigenvalue weighted by Gasteiger charge is -2.29. The van der Waals surface area contributed by atoms with Crippen LogP contribution in [-0.4, -0.2) is 54.4 Å². The summed E-state index contributed by atoms with van der Waals surface area (Å²) in [5.41, 5.74) is 5.27. The first-order valence-electron chi connectivity index (χ1n) is 11.8. The maximum absolute atomic E-state index is 12.9. The summed E-state index contributed by atoms with van der Waals surface area (Å²) in [6, 6.07) is 16.9. The van der Waals surface area contributed by atoms with Crippen LogP contribution >= 0.6 is 0 Å². The van der Waals surface area contributed by atoms with Crippen LogP contribution in [0.15, 0.2) is 65.6 Å². The molecule has 0 aliphatic heterocycles. The van der Waals surface area contributed by atoms with Crippen molar-refractivity contribution in [2.75, 3.05) is 6.54 Å². The molecule has 0 heterocycles. The van der Waals surface area contributed by atoms with E-state index in [1.165, 1.54) is 12.1 Å². The zero-order valence-corrected chi connectivity index (χ0v) is 20.9. The first-order valence-corrected chi connectivity index (χ1v) is 13.3. The van der Waals surface area contributed by atoms with Gasteiger partial charge >= 0.3 is 7.12 Å². The van der Waals surface area contributed by atoms with Crippen LogP contribution in [0.2, 0.25) is 0 Å². The second-order valence-corrected chi connectivity index (χ2v) is 10.1. The molecule has 0 unspecified atom stereocenters. The van der Waals surface area contributed by atoms with Crippen molar-refractivity contribution in [1.29, 1.82) is 0 Å². The van der Waals surface area contributed by atoms with E-state index in [4.69, 9.17) is 10.3 Å². The summed E-state index contributed by atoms with van der Waals surface area (Å²) in [4.78, 5) is 25.6. The lowest BCUT2D eigenvalue weighted by Crippen LogP contribution is -2.55. The summed E-state index contributed by atoms with van der Waals surface area (Å²) in [5.74, 6) is -1.57. The fourth-order valence-corrected chi connectivity index (χ4v) is 4.52. The Morgan fingerprint density at radius 2 is 1.53 bits per heavy atom. The highest BCUT2D eigenvalue weighted by Crippen LogP contribution is 2.39. The molecular weight excluding hydrogens is 485 g/mol. The molecule has 1 fully saturated rings. The van der Waals surface area contributed by atoms with Gasteiger partial charge in [0.2, 0.25) is 11.8 Å². The van der Waals surface area contributed by atoms with Gasteiger partial charge in [-0.3, -0.25) is 14.1 Å². The number of rotatable bonds is 10. The monoisotopic (exact) mass is 519 g/mol. The van der Waals surface area contributed by atoms with E-state index >= 15 is 0 Å². The molecule has 0 bridgehead atoms. The van der Waals surface area contributed by atoms with Crippen LogP contribution in [0.25, 0.3) is 0 Å². The predicted molar refractivity (Wildman–Crippen MR) is 136 cm³/mol. The molecule has 10 nitrogen and oxygen atoms in total. The fraction of sp³-hybridized carbons (Fsp3) is 0.417. The summed E-state index contributed by atoms with van der Waals surface area (Å²) in [6.45, 7) is 0.746. The summed E-state index contributed by atoms with van der Waals surface area (Å²) >= 11 is 0. The number of benzene rings is 2. The van der Waals surface area contributed by atoms with Crippen molar-refractivity contribution in [2.45, 2.75) is 55.9 Å². The number of carbonyl (C=O) groups excluding carboxylic acids is 2. The molecule has 0 spiro atoms. The van der Waals surface area contributed by atoms with Crippen molar-refractivity contribution < 1.29 is 32.6 Å². The van der Waals surface area contributed by atoms with Crippen LogP contribution in [0, 0.1) is 5.41 Å². The highest BCUT2D eigenvalue weighted by Gasteiger charge is 2.48. The van der Waals surface area contributed by atoms with Crippen molar-refractivity contribution in [1.82, 2.24) is 10.6 Å². The second-order valence-electron chi connectivity index (χ2n) is 8.67. The Kier molecular flexibility index (Phi) is 11.5. The highest BCUT2D eigenvalue weighted by atomic mass is 32.2. The maximum Gasteiger partial charge on any atom is 0.475 e. The molecule has 2 amide bonds. The molecule has 1 aliphatic carbocycles. The largest absolute Gasteiger partial charge is 0.475 e. The SMILES string of the molecule is NCCC[C@H](NC(=O)C1(C(=O)NCc2ccccc2)CCCC1)B(O)O.O=S(=O)(O)c1ccccc1. The number of nitrogens with two attached hydrogens (primary N) is 1. The van der Waals surface area contributed by atoms with E-state index in [0.717, 1.165) is 18.4 Å². The van der Waals surface area contributed by atoms with Gasteiger partial charge in [-0.2, -0.15) is 8.42 Å². The van der Waals surface area contributed by atoms with Crippen LogP contribution in [0.1, 0.15) is 44.1 Å². The summed E-state index contributed by atoms with van der Waals surface area (Å²) < 4.78 is 29.2. The minimum atomic E-state index is -4.00. The molecule has 0 saturated heterocycles. The van der Waals surface area contributed by atoms with Crippen LogP contribution in [0.4, 0.5) is 0 Å². The van der Waals surface area contributed by atoms with Gasteiger partial charge in [0, 0.05) is 6.54 Å². The van der Waals surface area contributed by atoms with Gasteiger partial charge in [0.1, 0.15) is 5.41 Å². The summed E-state index contributed by atoms with van der Waals surface area (Å²) in [7, 11) is -5.69. The lowest BCUT2D eigenvalue weighted by atomic mass is 9.75. The topological polar surface area (TPSA) is 179 Å². The molecule has 0 aromatic heterocycles. The Hall–Kier alpha value is -2.77. The minimum absolute atomic E-state index is 0.0741.